The van der Waals surface area contributed by atoms with Crippen LogP contribution in [0.25, 0.3) is 0 Å². The van der Waals surface area contributed by atoms with Gasteiger partial charge in [0, 0.05) is 0 Å². The molecule has 0 aliphatic rings. The number of carbonyl (C=O) groups is 1. The number of rotatable bonds is 11. The summed E-state index contributed by atoms with van der Waals surface area (Å²) in [5.41, 5.74) is -1.97. The van der Waals surface area contributed by atoms with Gasteiger partial charge in [-0.1, -0.05) is 0 Å². The summed E-state index contributed by atoms with van der Waals surface area (Å²) in [5, 5.41) is 35.1. The van der Waals surface area contributed by atoms with Crippen LogP contribution in [0.1, 0.15) is 6.42 Å². The van der Waals surface area contributed by atoms with Gasteiger partial charge in [-0.25, -0.2) is 0 Å². The van der Waals surface area contributed by atoms with Gasteiger partial charge >= 0.3 is 5.97 Å². The first-order chi connectivity index (χ1) is 9.17. The van der Waals surface area contributed by atoms with Crippen LogP contribution in [0.5, 0.6) is 0 Å². The third-order valence-electron chi connectivity index (χ3n) is 1.95. The number of aliphatic carboxylic acids is 1. The number of carboxylic acids is 1. The molecule has 114 valence electrons. The number of hydrogen-bond acceptors (Lipinski definition) is 10. The van der Waals surface area contributed by atoms with E-state index in [4.69, 9.17) is 5.11 Å². The zero-order valence-corrected chi connectivity index (χ0v) is 9.70. The summed E-state index contributed by atoms with van der Waals surface area (Å²) < 4.78 is 0. The number of hydrogen-bond donors (Lipinski definition) is 1. The predicted octanol–water partition coefficient (Wildman–Crippen LogP) is -0.928. The lowest BCUT2D eigenvalue weighted by Gasteiger charge is -2.28. The van der Waals surface area contributed by atoms with Crippen molar-refractivity contribution in [2.75, 3.05) is 19.8 Å². The topological polar surface area (TPSA) is 194 Å². The minimum atomic E-state index is -1.97. The first-order valence-corrected chi connectivity index (χ1v) is 4.70. The Bertz CT molecular complexity index is 350. The van der Waals surface area contributed by atoms with E-state index in [0.717, 1.165) is 0 Å². The molecule has 0 rings (SSSR count). The Morgan fingerprint density at radius 3 is 1.40 bits per heavy atom. The normalized spacial score (nSPS) is 10.4. The van der Waals surface area contributed by atoms with Crippen LogP contribution < -0.4 is 0 Å². The molecule has 0 aliphatic carbocycles. The summed E-state index contributed by atoms with van der Waals surface area (Å²) in [7, 11) is 0. The van der Waals surface area contributed by atoms with Crippen molar-refractivity contribution in [3.05, 3.63) is 30.3 Å². The van der Waals surface area contributed by atoms with E-state index in [0.29, 0.717) is 0 Å². The lowest BCUT2D eigenvalue weighted by Crippen LogP contribution is -2.41. The maximum Gasteiger partial charge on any atom is 0.304 e. The first kappa shape index (κ1) is 17.1. The molecule has 0 aromatic rings. The van der Waals surface area contributed by atoms with Gasteiger partial charge in [0.05, 0.1) is 11.8 Å². The minimum Gasteiger partial charge on any atom is -0.481 e. The Labute approximate surface area is 109 Å². The van der Waals surface area contributed by atoms with Crippen LogP contribution >= 0.6 is 0 Å². The second kappa shape index (κ2) is 7.49. The summed E-state index contributed by atoms with van der Waals surface area (Å²) in [5.74, 6) is -1.53. The summed E-state index contributed by atoms with van der Waals surface area (Å²) in [6.07, 6.45) is -0.942. The molecule has 0 saturated carbocycles. The third kappa shape index (κ3) is 7.41. The molecule has 20 heavy (non-hydrogen) atoms. The summed E-state index contributed by atoms with van der Waals surface area (Å²) in [6.45, 7) is -2.98. The maximum absolute atomic E-state index is 10.7. The lowest BCUT2D eigenvalue weighted by molar-refractivity contribution is -0.782. The van der Waals surface area contributed by atoms with Crippen LogP contribution in [-0.4, -0.2) is 46.2 Å². The Kier molecular flexibility index (Phi) is 6.40. The fourth-order valence-corrected chi connectivity index (χ4v) is 1.17. The van der Waals surface area contributed by atoms with Gasteiger partial charge in [0.2, 0.25) is 0 Å². The average Bonchev–Trinajstić information content (AvgIpc) is 2.30. The highest BCUT2D eigenvalue weighted by atomic mass is 17.0. The summed E-state index contributed by atoms with van der Waals surface area (Å²) in [4.78, 5) is 52.7. The third-order valence-corrected chi connectivity index (χ3v) is 1.95. The van der Waals surface area contributed by atoms with Gasteiger partial charge in [0.1, 0.15) is 19.8 Å². The van der Waals surface area contributed by atoms with Crippen molar-refractivity contribution in [2.45, 2.75) is 6.42 Å². The van der Waals surface area contributed by atoms with Crippen molar-refractivity contribution in [3.8, 4) is 0 Å². The van der Waals surface area contributed by atoms with Gasteiger partial charge in [-0.15, -0.1) is 30.3 Å². The van der Waals surface area contributed by atoms with E-state index >= 15 is 0 Å². The van der Waals surface area contributed by atoms with Gasteiger partial charge in [0.15, 0.2) is 0 Å². The van der Waals surface area contributed by atoms with Crippen molar-refractivity contribution in [3.63, 3.8) is 0 Å². The zero-order valence-electron chi connectivity index (χ0n) is 9.70. The molecule has 0 bridgehead atoms. The molecule has 14 heteroatoms. The molecule has 0 heterocycles. The Morgan fingerprint density at radius 1 is 0.900 bits per heavy atom. The molecule has 0 atom stereocenters. The molecule has 0 amide bonds. The van der Waals surface area contributed by atoms with E-state index < -0.39 is 52.9 Å². The molecule has 0 spiro atoms. The summed E-state index contributed by atoms with van der Waals surface area (Å²) >= 11 is 0. The molecule has 1 N–H and O–H groups in total. The highest BCUT2D eigenvalue weighted by Crippen LogP contribution is 2.24. The molecular weight excluding hydrogens is 290 g/mol. The molecule has 0 unspecified atom stereocenters. The molecule has 0 aliphatic heterocycles. The van der Waals surface area contributed by atoms with E-state index in [1.807, 2.05) is 0 Å². The maximum atomic E-state index is 10.7. The summed E-state index contributed by atoms with van der Waals surface area (Å²) in [6, 6.07) is 0. The number of carboxylic acid groups (broad SMARTS) is 1. The molecule has 0 radical (unpaired) electrons. The van der Waals surface area contributed by atoms with Crippen molar-refractivity contribution < 1.29 is 39.7 Å². The second-order valence-electron chi connectivity index (χ2n) is 3.56. The van der Waals surface area contributed by atoms with E-state index in [1.165, 1.54) is 0 Å². The molecule has 0 aromatic carbocycles. The monoisotopic (exact) mass is 299 g/mol. The second-order valence-corrected chi connectivity index (χ2v) is 3.56. The fraction of sp³-hybridized carbons (Fsp3) is 0.833. The molecule has 0 saturated heterocycles. The highest BCUT2D eigenvalue weighted by molar-refractivity contribution is 5.67. The van der Waals surface area contributed by atoms with Gasteiger partial charge in [-0.2, -0.15) is 0 Å². The van der Waals surface area contributed by atoms with Crippen LogP contribution in [0.15, 0.2) is 0 Å². The van der Waals surface area contributed by atoms with Crippen molar-refractivity contribution in [1.29, 1.82) is 0 Å². The van der Waals surface area contributed by atoms with Crippen LogP contribution in [-0.2, 0) is 19.3 Å². The van der Waals surface area contributed by atoms with E-state index in [1.54, 1.807) is 0 Å². The quantitative estimate of drug-likeness (QED) is 0.365. The Hall–Kier alpha value is -2.93. The predicted molar refractivity (Wildman–Crippen MR) is 53.5 cm³/mol. The van der Waals surface area contributed by atoms with Gasteiger partial charge in [-0.3, -0.25) is 4.79 Å². The highest BCUT2D eigenvalue weighted by Gasteiger charge is 2.37. The lowest BCUT2D eigenvalue weighted by atomic mass is 9.87. The Morgan fingerprint density at radius 2 is 1.20 bits per heavy atom. The van der Waals surface area contributed by atoms with Crippen molar-refractivity contribution >= 4 is 5.97 Å². The average molecular weight is 299 g/mol. The molecule has 0 aromatic heterocycles. The molecule has 14 nitrogen and oxygen atoms in total. The SMILES string of the molecule is O=C(O)CC(CO[N+](=O)[O-])(CO[N+](=O)[O-])CO[N+](=O)[O-]. The molecule has 0 fully saturated rings. The van der Waals surface area contributed by atoms with Gasteiger partial charge in [-0.05, 0) is 0 Å². The minimum absolute atomic E-state index is 0.942. The van der Waals surface area contributed by atoms with E-state index in [9.17, 15) is 35.1 Å². The van der Waals surface area contributed by atoms with Crippen LogP contribution in [0.2, 0.25) is 0 Å². The van der Waals surface area contributed by atoms with E-state index in [-0.39, 0.29) is 0 Å². The van der Waals surface area contributed by atoms with Crippen molar-refractivity contribution in [1.82, 2.24) is 0 Å². The standard InChI is InChI=1S/C6H9N3O11/c10-5(11)1-6(2-18-7(12)13,3-19-8(14)15)4-20-9(16)17/h1-4H2,(H,10,11). The van der Waals surface area contributed by atoms with Crippen molar-refractivity contribution in [2.24, 2.45) is 5.41 Å². The number of nitrogens with zero attached hydrogens (tertiary/aromatic N) is 3. The largest absolute Gasteiger partial charge is 0.481 e. The van der Waals surface area contributed by atoms with Gasteiger partial charge in [0.25, 0.3) is 15.3 Å². The first-order valence-electron chi connectivity index (χ1n) is 4.70. The van der Waals surface area contributed by atoms with Crippen LogP contribution in [0.3, 0.4) is 0 Å². The van der Waals surface area contributed by atoms with E-state index in [2.05, 4.69) is 14.5 Å². The smallest absolute Gasteiger partial charge is 0.304 e. The Balaban J connectivity index is 5.02. The molecular formula is C6H9N3O11. The fourth-order valence-electron chi connectivity index (χ4n) is 1.17. The zero-order chi connectivity index (χ0) is 15.8. The van der Waals surface area contributed by atoms with Crippen LogP contribution in [0.4, 0.5) is 0 Å². The van der Waals surface area contributed by atoms with Gasteiger partial charge < -0.3 is 19.6 Å². The van der Waals surface area contributed by atoms with Crippen LogP contribution in [0, 0.1) is 35.8 Å².